The number of carbonyl (C=O) groups is 1. The molecule has 0 bridgehead atoms. The third-order valence-electron chi connectivity index (χ3n) is 3.64. The SMILES string of the molecule is CC(=O)Oc1c(C)c(C)nc2ccc(Oc3ccc(Cl)cn3)c(Cl)c12. The maximum atomic E-state index is 11.5. The summed E-state index contributed by atoms with van der Waals surface area (Å²) in [7, 11) is 0. The van der Waals surface area contributed by atoms with E-state index < -0.39 is 5.97 Å². The van der Waals surface area contributed by atoms with Gasteiger partial charge in [0.25, 0.3) is 0 Å². The lowest BCUT2D eigenvalue weighted by Gasteiger charge is -2.15. The topological polar surface area (TPSA) is 61.3 Å². The molecule has 128 valence electrons. The van der Waals surface area contributed by atoms with Gasteiger partial charge in [0, 0.05) is 30.4 Å². The Kier molecular flexibility index (Phi) is 4.79. The van der Waals surface area contributed by atoms with E-state index >= 15 is 0 Å². The van der Waals surface area contributed by atoms with Crippen molar-refractivity contribution in [2.45, 2.75) is 20.8 Å². The van der Waals surface area contributed by atoms with Crippen LogP contribution < -0.4 is 9.47 Å². The molecule has 0 unspecified atom stereocenters. The minimum Gasteiger partial charge on any atom is -0.437 e. The van der Waals surface area contributed by atoms with Gasteiger partial charge in [-0.15, -0.1) is 0 Å². The molecule has 0 radical (unpaired) electrons. The van der Waals surface area contributed by atoms with E-state index in [-0.39, 0.29) is 0 Å². The summed E-state index contributed by atoms with van der Waals surface area (Å²) in [5.74, 6) is 0.671. The molecule has 7 heteroatoms. The highest BCUT2D eigenvalue weighted by Crippen LogP contribution is 2.41. The Morgan fingerprint density at radius 2 is 1.88 bits per heavy atom. The molecule has 0 aliphatic rings. The third kappa shape index (κ3) is 3.52. The molecule has 0 saturated heterocycles. The summed E-state index contributed by atoms with van der Waals surface area (Å²) >= 11 is 12.4. The van der Waals surface area contributed by atoms with E-state index in [1.165, 1.54) is 13.1 Å². The lowest BCUT2D eigenvalue weighted by molar-refractivity contribution is -0.131. The number of halogens is 2. The van der Waals surface area contributed by atoms with Gasteiger partial charge in [-0.3, -0.25) is 9.78 Å². The molecule has 0 spiro atoms. The van der Waals surface area contributed by atoms with Crippen molar-refractivity contribution in [3.05, 3.63) is 51.8 Å². The Bertz CT molecular complexity index is 972. The number of ether oxygens (including phenoxy) is 2. The van der Waals surface area contributed by atoms with Crippen molar-refractivity contribution < 1.29 is 14.3 Å². The quantitative estimate of drug-likeness (QED) is 0.582. The van der Waals surface area contributed by atoms with Crippen LogP contribution in [-0.2, 0) is 4.79 Å². The number of rotatable bonds is 3. The first-order valence-electron chi connectivity index (χ1n) is 7.44. The zero-order valence-electron chi connectivity index (χ0n) is 13.8. The highest BCUT2D eigenvalue weighted by atomic mass is 35.5. The van der Waals surface area contributed by atoms with Crippen molar-refractivity contribution in [2.24, 2.45) is 0 Å². The van der Waals surface area contributed by atoms with Gasteiger partial charge in [-0.05, 0) is 32.0 Å². The van der Waals surface area contributed by atoms with Crippen molar-refractivity contribution in [2.75, 3.05) is 0 Å². The molecule has 1 aromatic carbocycles. The molecule has 5 nitrogen and oxygen atoms in total. The second-order valence-corrected chi connectivity index (χ2v) is 6.25. The number of pyridine rings is 2. The molecular formula is C18H14Cl2N2O3. The van der Waals surface area contributed by atoms with Gasteiger partial charge in [0.05, 0.1) is 20.9 Å². The molecule has 0 N–H and O–H groups in total. The van der Waals surface area contributed by atoms with Crippen LogP contribution in [-0.4, -0.2) is 15.9 Å². The van der Waals surface area contributed by atoms with Gasteiger partial charge in [-0.2, -0.15) is 0 Å². The van der Waals surface area contributed by atoms with E-state index in [2.05, 4.69) is 9.97 Å². The van der Waals surface area contributed by atoms with Crippen LogP contribution in [0, 0.1) is 13.8 Å². The number of hydrogen-bond donors (Lipinski definition) is 0. The van der Waals surface area contributed by atoms with Gasteiger partial charge in [-0.1, -0.05) is 23.2 Å². The number of nitrogens with zero attached hydrogens (tertiary/aromatic N) is 2. The summed E-state index contributed by atoms with van der Waals surface area (Å²) in [5, 5.41) is 1.32. The molecule has 0 aliphatic heterocycles. The summed E-state index contributed by atoms with van der Waals surface area (Å²) in [5.41, 5.74) is 2.11. The number of hydrogen-bond acceptors (Lipinski definition) is 5. The second-order valence-electron chi connectivity index (χ2n) is 5.43. The molecule has 0 atom stereocenters. The Balaban J connectivity index is 2.16. The summed E-state index contributed by atoms with van der Waals surface area (Å²) in [6.45, 7) is 5.01. The zero-order valence-corrected chi connectivity index (χ0v) is 15.3. The minimum absolute atomic E-state index is 0.293. The van der Waals surface area contributed by atoms with E-state index in [1.54, 1.807) is 24.3 Å². The van der Waals surface area contributed by atoms with E-state index in [0.717, 1.165) is 11.3 Å². The van der Waals surface area contributed by atoms with Gasteiger partial charge in [-0.25, -0.2) is 4.98 Å². The van der Waals surface area contributed by atoms with Gasteiger partial charge < -0.3 is 9.47 Å². The Hall–Kier alpha value is -2.37. The van der Waals surface area contributed by atoms with E-state index in [1.807, 2.05) is 13.8 Å². The maximum absolute atomic E-state index is 11.5. The molecule has 0 saturated carbocycles. The lowest BCUT2D eigenvalue weighted by atomic mass is 10.1. The fraction of sp³-hybridized carbons (Fsp3) is 0.167. The van der Waals surface area contributed by atoms with Crippen LogP contribution in [0.2, 0.25) is 10.0 Å². The van der Waals surface area contributed by atoms with Crippen molar-refractivity contribution in [1.29, 1.82) is 0 Å². The number of aryl methyl sites for hydroxylation is 1. The normalized spacial score (nSPS) is 10.8. The number of fused-ring (bicyclic) bond motifs is 1. The van der Waals surface area contributed by atoms with Crippen molar-refractivity contribution >= 4 is 40.1 Å². The number of carbonyl (C=O) groups excluding carboxylic acids is 1. The summed E-state index contributed by atoms with van der Waals surface area (Å²) < 4.78 is 11.1. The molecule has 0 amide bonds. The van der Waals surface area contributed by atoms with Crippen LogP contribution in [0.25, 0.3) is 10.9 Å². The predicted octanol–water partition coefficient (Wildman–Crippen LogP) is 5.27. The van der Waals surface area contributed by atoms with Crippen LogP contribution in [0.5, 0.6) is 17.4 Å². The maximum Gasteiger partial charge on any atom is 0.308 e. The lowest BCUT2D eigenvalue weighted by Crippen LogP contribution is -2.06. The summed E-state index contributed by atoms with van der Waals surface area (Å²) in [6, 6.07) is 6.75. The average Bonchev–Trinajstić information content (AvgIpc) is 2.56. The van der Waals surface area contributed by atoms with E-state index in [9.17, 15) is 4.79 Å². The first-order valence-corrected chi connectivity index (χ1v) is 8.19. The molecular weight excluding hydrogens is 363 g/mol. The summed E-state index contributed by atoms with van der Waals surface area (Å²) in [4.78, 5) is 20.1. The molecule has 3 rings (SSSR count). The van der Waals surface area contributed by atoms with Crippen LogP contribution >= 0.6 is 23.2 Å². The molecule has 2 heterocycles. The van der Waals surface area contributed by atoms with Crippen LogP contribution in [0.1, 0.15) is 18.2 Å². The van der Waals surface area contributed by atoms with E-state index in [0.29, 0.717) is 38.3 Å². The predicted molar refractivity (Wildman–Crippen MR) is 96.9 cm³/mol. The Morgan fingerprint density at radius 1 is 1.12 bits per heavy atom. The molecule has 0 aliphatic carbocycles. The first kappa shape index (κ1) is 17.5. The highest BCUT2D eigenvalue weighted by molar-refractivity contribution is 6.37. The molecule has 3 aromatic rings. The second kappa shape index (κ2) is 6.86. The zero-order chi connectivity index (χ0) is 18.1. The molecule has 2 aromatic heterocycles. The standard InChI is InChI=1S/C18H14Cl2N2O3/c1-9-10(2)22-13-5-6-14(25-15-7-4-12(19)8-21-15)17(20)16(13)18(9)24-11(3)23/h4-8H,1-3H3. The minimum atomic E-state index is -0.434. The number of benzene rings is 1. The van der Waals surface area contributed by atoms with Crippen molar-refractivity contribution in [1.82, 2.24) is 9.97 Å². The Labute approximate surface area is 154 Å². The highest BCUT2D eigenvalue weighted by Gasteiger charge is 2.18. The van der Waals surface area contributed by atoms with Gasteiger partial charge >= 0.3 is 5.97 Å². The van der Waals surface area contributed by atoms with E-state index in [4.69, 9.17) is 32.7 Å². The number of aromatic nitrogens is 2. The fourth-order valence-electron chi connectivity index (χ4n) is 2.36. The first-order chi connectivity index (χ1) is 11.9. The van der Waals surface area contributed by atoms with Crippen molar-refractivity contribution in [3.8, 4) is 17.4 Å². The Morgan fingerprint density at radius 3 is 2.52 bits per heavy atom. The van der Waals surface area contributed by atoms with Crippen LogP contribution in [0.3, 0.4) is 0 Å². The summed E-state index contributed by atoms with van der Waals surface area (Å²) in [6.07, 6.45) is 1.48. The van der Waals surface area contributed by atoms with Gasteiger partial charge in [0.15, 0.2) is 0 Å². The van der Waals surface area contributed by atoms with Crippen LogP contribution in [0.4, 0.5) is 0 Å². The van der Waals surface area contributed by atoms with Gasteiger partial charge in [0.1, 0.15) is 11.5 Å². The fourth-order valence-corrected chi connectivity index (χ4v) is 2.75. The largest absolute Gasteiger partial charge is 0.437 e. The molecule has 0 fully saturated rings. The average molecular weight is 377 g/mol. The van der Waals surface area contributed by atoms with Crippen LogP contribution in [0.15, 0.2) is 30.5 Å². The smallest absolute Gasteiger partial charge is 0.308 e. The third-order valence-corrected chi connectivity index (χ3v) is 4.24. The number of esters is 1. The van der Waals surface area contributed by atoms with Crippen molar-refractivity contribution in [3.63, 3.8) is 0 Å². The van der Waals surface area contributed by atoms with Gasteiger partial charge in [0.2, 0.25) is 5.88 Å². The monoisotopic (exact) mass is 376 g/mol. The molecule has 25 heavy (non-hydrogen) atoms.